The van der Waals surface area contributed by atoms with Gasteiger partial charge in [-0.2, -0.15) is 0 Å². The summed E-state index contributed by atoms with van der Waals surface area (Å²) in [5.74, 6) is 0.616. The van der Waals surface area contributed by atoms with Crippen molar-refractivity contribution < 1.29 is 4.79 Å². The summed E-state index contributed by atoms with van der Waals surface area (Å²) in [6.45, 7) is 2.83. The first-order chi connectivity index (χ1) is 7.74. The van der Waals surface area contributed by atoms with Gasteiger partial charge >= 0.3 is 0 Å². The summed E-state index contributed by atoms with van der Waals surface area (Å²) in [6.07, 6.45) is 2.74. The quantitative estimate of drug-likeness (QED) is 0.760. The number of hydrogen-bond donors (Lipinski definition) is 0. The van der Waals surface area contributed by atoms with E-state index in [4.69, 9.17) is 11.6 Å². The molecule has 1 saturated carbocycles. The van der Waals surface area contributed by atoms with Crippen molar-refractivity contribution >= 4 is 28.8 Å². The van der Waals surface area contributed by atoms with E-state index in [0.717, 1.165) is 30.1 Å². The molecule has 1 amide bonds. The first kappa shape index (κ1) is 11.9. The van der Waals surface area contributed by atoms with Crippen LogP contribution in [0.1, 0.15) is 30.5 Å². The Morgan fingerprint density at radius 1 is 1.69 bits per heavy atom. The minimum Gasteiger partial charge on any atom is -0.340 e. The molecule has 3 nitrogen and oxygen atoms in total. The smallest absolute Gasteiger partial charge is 0.229 e. The summed E-state index contributed by atoms with van der Waals surface area (Å²) in [6, 6.07) is 0.491. The third kappa shape index (κ3) is 2.74. The van der Waals surface area contributed by atoms with Crippen molar-refractivity contribution in [3.8, 4) is 0 Å². The van der Waals surface area contributed by atoms with E-state index < -0.39 is 0 Å². The van der Waals surface area contributed by atoms with Gasteiger partial charge in [0.15, 0.2) is 0 Å². The molecule has 1 aromatic heterocycles. The van der Waals surface area contributed by atoms with E-state index in [2.05, 4.69) is 4.98 Å². The zero-order valence-corrected chi connectivity index (χ0v) is 10.9. The number of aromatic nitrogens is 1. The molecule has 0 radical (unpaired) electrons. The van der Waals surface area contributed by atoms with Crippen LogP contribution < -0.4 is 0 Å². The van der Waals surface area contributed by atoms with Crippen LogP contribution >= 0.6 is 22.9 Å². The summed E-state index contributed by atoms with van der Waals surface area (Å²) in [5, 5.41) is 2.79. The first-order valence-corrected chi connectivity index (χ1v) is 6.94. The predicted octanol–water partition coefficient (Wildman–Crippen LogP) is 2.44. The van der Waals surface area contributed by atoms with Crippen LogP contribution in [-0.4, -0.2) is 28.4 Å². The van der Waals surface area contributed by atoms with Gasteiger partial charge in [-0.05, 0) is 19.8 Å². The van der Waals surface area contributed by atoms with Crippen LogP contribution in [0.3, 0.4) is 0 Å². The number of thiazole rings is 1. The molecule has 16 heavy (non-hydrogen) atoms. The van der Waals surface area contributed by atoms with Gasteiger partial charge in [-0.3, -0.25) is 4.79 Å². The molecule has 1 fully saturated rings. The lowest BCUT2D eigenvalue weighted by Gasteiger charge is -2.19. The van der Waals surface area contributed by atoms with Gasteiger partial charge in [-0.1, -0.05) is 0 Å². The van der Waals surface area contributed by atoms with Gasteiger partial charge in [0.1, 0.15) is 5.01 Å². The largest absolute Gasteiger partial charge is 0.340 e. The van der Waals surface area contributed by atoms with Gasteiger partial charge in [0.25, 0.3) is 0 Å². The topological polar surface area (TPSA) is 33.2 Å². The number of carbonyl (C=O) groups is 1. The molecule has 0 aliphatic heterocycles. The van der Waals surface area contributed by atoms with E-state index in [1.165, 1.54) is 11.3 Å². The highest BCUT2D eigenvalue weighted by Gasteiger charge is 2.31. The lowest BCUT2D eigenvalue weighted by Crippen LogP contribution is -2.33. The number of likely N-dealkylation sites (N-methyl/N-ethyl adjacent to an activating group) is 1. The highest BCUT2D eigenvalue weighted by Crippen LogP contribution is 2.27. The maximum Gasteiger partial charge on any atom is 0.229 e. The van der Waals surface area contributed by atoms with E-state index in [0.29, 0.717) is 18.3 Å². The van der Waals surface area contributed by atoms with Crippen molar-refractivity contribution in [2.75, 3.05) is 6.54 Å². The Balaban J connectivity index is 1.94. The average Bonchev–Trinajstić information content (AvgIpc) is 2.99. The summed E-state index contributed by atoms with van der Waals surface area (Å²) < 4.78 is 0. The molecule has 2 rings (SSSR count). The predicted molar refractivity (Wildman–Crippen MR) is 65.8 cm³/mol. The van der Waals surface area contributed by atoms with Crippen molar-refractivity contribution in [2.45, 2.75) is 38.1 Å². The maximum absolute atomic E-state index is 12.0. The van der Waals surface area contributed by atoms with Crippen LogP contribution in [0.5, 0.6) is 0 Å². The number of halogens is 1. The van der Waals surface area contributed by atoms with Gasteiger partial charge in [-0.15, -0.1) is 22.9 Å². The summed E-state index contributed by atoms with van der Waals surface area (Å²) >= 11 is 7.20. The molecule has 0 N–H and O–H groups in total. The Bertz CT molecular complexity index is 376. The monoisotopic (exact) mass is 258 g/mol. The number of carbonyl (C=O) groups excluding carboxylic acids is 1. The second-order valence-corrected chi connectivity index (χ2v) is 5.16. The van der Waals surface area contributed by atoms with E-state index >= 15 is 0 Å². The third-order valence-corrected chi connectivity index (χ3v) is 3.86. The zero-order chi connectivity index (χ0) is 11.5. The molecule has 0 unspecified atom stereocenters. The van der Waals surface area contributed by atoms with Crippen LogP contribution in [0.15, 0.2) is 5.38 Å². The van der Waals surface area contributed by atoms with E-state index in [-0.39, 0.29) is 5.91 Å². The lowest BCUT2D eigenvalue weighted by atomic mass is 10.3. The van der Waals surface area contributed by atoms with Gasteiger partial charge < -0.3 is 4.90 Å². The van der Waals surface area contributed by atoms with Crippen LogP contribution in [0.4, 0.5) is 0 Å². The minimum absolute atomic E-state index is 0.195. The Labute approximate surface area is 104 Å². The number of nitrogens with zero attached hydrogens (tertiary/aromatic N) is 2. The van der Waals surface area contributed by atoms with Crippen LogP contribution in [0, 0.1) is 0 Å². The third-order valence-electron chi connectivity index (χ3n) is 2.69. The average molecular weight is 259 g/mol. The van der Waals surface area contributed by atoms with Crippen molar-refractivity contribution in [1.29, 1.82) is 0 Å². The molecule has 0 saturated heterocycles. The Morgan fingerprint density at radius 3 is 2.94 bits per heavy atom. The molecule has 0 spiro atoms. The van der Waals surface area contributed by atoms with E-state index in [9.17, 15) is 4.79 Å². The number of amides is 1. The fourth-order valence-corrected chi connectivity index (χ4v) is 2.76. The maximum atomic E-state index is 12.0. The molecule has 88 valence electrons. The van der Waals surface area contributed by atoms with Crippen LogP contribution in [0.25, 0.3) is 0 Å². The molecule has 5 heteroatoms. The number of alkyl halides is 1. The standard InChI is InChI=1S/C11H15ClN2OS/c1-2-14(9-3-4-9)11(15)5-10-13-8(6-12)7-16-10/h7,9H,2-6H2,1H3. The van der Waals surface area contributed by atoms with E-state index in [1.54, 1.807) is 0 Å². The van der Waals surface area contributed by atoms with Crippen molar-refractivity contribution in [3.63, 3.8) is 0 Å². The van der Waals surface area contributed by atoms with Crippen molar-refractivity contribution in [2.24, 2.45) is 0 Å². The van der Waals surface area contributed by atoms with Crippen molar-refractivity contribution in [1.82, 2.24) is 9.88 Å². The van der Waals surface area contributed by atoms with Crippen molar-refractivity contribution in [3.05, 3.63) is 16.1 Å². The summed E-state index contributed by atoms with van der Waals surface area (Å²) in [7, 11) is 0. The Morgan fingerprint density at radius 2 is 2.44 bits per heavy atom. The fourth-order valence-electron chi connectivity index (χ4n) is 1.75. The van der Waals surface area contributed by atoms with Crippen LogP contribution in [-0.2, 0) is 17.1 Å². The zero-order valence-electron chi connectivity index (χ0n) is 9.28. The molecule has 0 aromatic carbocycles. The fraction of sp³-hybridized carbons (Fsp3) is 0.636. The normalized spacial score (nSPS) is 15.1. The highest BCUT2D eigenvalue weighted by atomic mass is 35.5. The molecular weight excluding hydrogens is 244 g/mol. The molecular formula is C11H15ClN2OS. The first-order valence-electron chi connectivity index (χ1n) is 5.53. The number of rotatable bonds is 5. The van der Waals surface area contributed by atoms with Gasteiger partial charge in [0, 0.05) is 18.0 Å². The van der Waals surface area contributed by atoms with E-state index in [1.807, 2.05) is 17.2 Å². The molecule has 0 atom stereocenters. The SMILES string of the molecule is CCN(C(=O)Cc1nc(CCl)cs1)C1CC1. The van der Waals surface area contributed by atoms with Gasteiger partial charge in [0.05, 0.1) is 18.0 Å². The van der Waals surface area contributed by atoms with Gasteiger partial charge in [-0.25, -0.2) is 4.98 Å². The summed E-state index contributed by atoms with van der Waals surface area (Å²) in [5.41, 5.74) is 0.865. The lowest BCUT2D eigenvalue weighted by molar-refractivity contribution is -0.130. The second-order valence-electron chi connectivity index (χ2n) is 3.95. The Hall–Kier alpha value is -0.610. The second kappa shape index (κ2) is 5.15. The minimum atomic E-state index is 0.195. The number of hydrogen-bond acceptors (Lipinski definition) is 3. The van der Waals surface area contributed by atoms with Gasteiger partial charge in [0.2, 0.25) is 5.91 Å². The molecule has 1 aliphatic carbocycles. The molecule has 1 heterocycles. The molecule has 0 bridgehead atoms. The Kier molecular flexibility index (Phi) is 3.82. The molecule has 1 aromatic rings. The summed E-state index contributed by atoms with van der Waals surface area (Å²) in [4.78, 5) is 18.2. The highest BCUT2D eigenvalue weighted by molar-refractivity contribution is 7.09. The molecule has 1 aliphatic rings. The van der Waals surface area contributed by atoms with Crippen LogP contribution in [0.2, 0.25) is 0 Å².